The molecule has 0 spiro atoms. The first-order chi connectivity index (χ1) is 7.67. The number of rotatable bonds is 1. The summed E-state index contributed by atoms with van der Waals surface area (Å²) < 4.78 is 0. The molecule has 0 unspecified atom stereocenters. The summed E-state index contributed by atoms with van der Waals surface area (Å²) in [5.41, 5.74) is 1.81. The molecular formula is C14H26N2O. The molecule has 2 aliphatic heterocycles. The first-order valence-corrected chi connectivity index (χ1v) is 6.64. The lowest BCUT2D eigenvalue weighted by atomic mass is 9.84. The standard InChI is InChI=1S/C14H26N2O/c1-13(2,3)7-11-10-8-16(14(4,5)6)9-12(10)17-15-11/h10,12H,7-9H2,1-6H3/t10-,12-/m1/s1. The van der Waals surface area contributed by atoms with Crippen molar-refractivity contribution >= 4 is 5.71 Å². The minimum absolute atomic E-state index is 0.237. The van der Waals surface area contributed by atoms with Gasteiger partial charge < -0.3 is 4.84 Å². The lowest BCUT2D eigenvalue weighted by molar-refractivity contribution is 0.0626. The van der Waals surface area contributed by atoms with Crippen LogP contribution in [0, 0.1) is 11.3 Å². The molecular weight excluding hydrogens is 212 g/mol. The number of likely N-dealkylation sites (tertiary alicyclic amines) is 1. The van der Waals surface area contributed by atoms with Gasteiger partial charge in [0, 0.05) is 18.6 Å². The highest BCUT2D eigenvalue weighted by Gasteiger charge is 2.45. The number of hydrogen-bond donors (Lipinski definition) is 0. The fourth-order valence-corrected chi connectivity index (χ4v) is 2.66. The molecule has 2 atom stereocenters. The molecule has 2 heterocycles. The number of fused-ring (bicyclic) bond motifs is 1. The van der Waals surface area contributed by atoms with Gasteiger partial charge in [-0.05, 0) is 32.6 Å². The van der Waals surface area contributed by atoms with E-state index in [1.54, 1.807) is 0 Å². The summed E-state index contributed by atoms with van der Waals surface area (Å²) >= 11 is 0. The number of hydrogen-bond acceptors (Lipinski definition) is 3. The van der Waals surface area contributed by atoms with Gasteiger partial charge in [0.15, 0.2) is 0 Å². The Bertz CT molecular complexity index is 322. The highest BCUT2D eigenvalue weighted by atomic mass is 16.6. The normalized spacial score (nSPS) is 30.1. The Morgan fingerprint density at radius 1 is 1.18 bits per heavy atom. The Labute approximate surface area is 105 Å². The van der Waals surface area contributed by atoms with Crippen molar-refractivity contribution in [2.24, 2.45) is 16.5 Å². The van der Waals surface area contributed by atoms with Gasteiger partial charge in [-0.15, -0.1) is 0 Å². The summed E-state index contributed by atoms with van der Waals surface area (Å²) in [4.78, 5) is 8.12. The molecule has 0 aliphatic carbocycles. The Balaban J connectivity index is 2.03. The maximum Gasteiger partial charge on any atom is 0.149 e. The van der Waals surface area contributed by atoms with Gasteiger partial charge in [0.2, 0.25) is 0 Å². The van der Waals surface area contributed by atoms with E-state index in [2.05, 4.69) is 51.6 Å². The van der Waals surface area contributed by atoms with E-state index in [1.165, 1.54) is 5.71 Å². The van der Waals surface area contributed by atoms with Gasteiger partial charge in [0.1, 0.15) is 6.10 Å². The highest BCUT2D eigenvalue weighted by Crippen LogP contribution is 2.35. The van der Waals surface area contributed by atoms with Crippen LogP contribution in [0.4, 0.5) is 0 Å². The van der Waals surface area contributed by atoms with Crippen LogP contribution in [-0.4, -0.2) is 35.3 Å². The molecule has 0 amide bonds. The lowest BCUT2D eigenvalue weighted by Crippen LogP contribution is -2.40. The van der Waals surface area contributed by atoms with Crippen LogP contribution in [0.3, 0.4) is 0 Å². The monoisotopic (exact) mass is 238 g/mol. The molecule has 0 bridgehead atoms. The second kappa shape index (κ2) is 3.98. The van der Waals surface area contributed by atoms with Crippen molar-refractivity contribution < 1.29 is 4.84 Å². The molecule has 0 N–H and O–H groups in total. The molecule has 2 rings (SSSR count). The molecule has 1 fully saturated rings. The van der Waals surface area contributed by atoms with Crippen molar-refractivity contribution in [2.45, 2.75) is 59.6 Å². The van der Waals surface area contributed by atoms with E-state index in [0.717, 1.165) is 19.5 Å². The SMILES string of the molecule is CC(C)(C)CC1=NO[C@@H]2CN(C(C)(C)C)C[C@H]12. The van der Waals surface area contributed by atoms with Crippen LogP contribution in [0.5, 0.6) is 0 Å². The van der Waals surface area contributed by atoms with Gasteiger partial charge >= 0.3 is 0 Å². The van der Waals surface area contributed by atoms with Crippen molar-refractivity contribution in [1.29, 1.82) is 0 Å². The van der Waals surface area contributed by atoms with Crippen molar-refractivity contribution in [3.05, 3.63) is 0 Å². The molecule has 17 heavy (non-hydrogen) atoms. The summed E-state index contributed by atoms with van der Waals surface area (Å²) in [6, 6.07) is 0. The Morgan fingerprint density at radius 2 is 1.82 bits per heavy atom. The van der Waals surface area contributed by atoms with E-state index in [0.29, 0.717) is 17.4 Å². The predicted octanol–water partition coefficient (Wildman–Crippen LogP) is 2.91. The first-order valence-electron chi connectivity index (χ1n) is 6.64. The van der Waals surface area contributed by atoms with Gasteiger partial charge in [-0.2, -0.15) is 0 Å². The van der Waals surface area contributed by atoms with E-state index in [-0.39, 0.29) is 5.54 Å². The zero-order valence-corrected chi connectivity index (χ0v) is 12.1. The Morgan fingerprint density at radius 3 is 2.35 bits per heavy atom. The van der Waals surface area contributed by atoms with E-state index >= 15 is 0 Å². The summed E-state index contributed by atoms with van der Waals surface area (Å²) in [6.07, 6.45) is 1.35. The predicted molar refractivity (Wildman–Crippen MR) is 71.2 cm³/mol. The maximum absolute atomic E-state index is 5.61. The van der Waals surface area contributed by atoms with E-state index < -0.39 is 0 Å². The largest absolute Gasteiger partial charge is 0.390 e. The van der Waals surface area contributed by atoms with Crippen LogP contribution in [0.25, 0.3) is 0 Å². The van der Waals surface area contributed by atoms with Crippen molar-refractivity contribution in [2.75, 3.05) is 13.1 Å². The minimum atomic E-state index is 0.237. The van der Waals surface area contributed by atoms with Crippen LogP contribution in [-0.2, 0) is 4.84 Å². The second-order valence-corrected chi connectivity index (χ2v) is 7.65. The molecule has 3 nitrogen and oxygen atoms in total. The molecule has 0 saturated carbocycles. The molecule has 98 valence electrons. The van der Waals surface area contributed by atoms with E-state index in [1.807, 2.05) is 0 Å². The quantitative estimate of drug-likeness (QED) is 0.701. The molecule has 1 saturated heterocycles. The maximum atomic E-state index is 5.61. The van der Waals surface area contributed by atoms with E-state index in [9.17, 15) is 0 Å². The van der Waals surface area contributed by atoms with Crippen molar-refractivity contribution in [3.8, 4) is 0 Å². The topological polar surface area (TPSA) is 24.8 Å². The van der Waals surface area contributed by atoms with Gasteiger partial charge in [0.05, 0.1) is 11.6 Å². The average molecular weight is 238 g/mol. The third-order valence-electron chi connectivity index (χ3n) is 3.66. The number of nitrogens with zero attached hydrogens (tertiary/aromatic N) is 2. The smallest absolute Gasteiger partial charge is 0.149 e. The van der Waals surface area contributed by atoms with Crippen LogP contribution >= 0.6 is 0 Å². The number of oxime groups is 1. The third kappa shape index (κ3) is 2.82. The van der Waals surface area contributed by atoms with Crippen LogP contribution in [0.2, 0.25) is 0 Å². The zero-order chi connectivity index (χ0) is 12.8. The molecule has 0 radical (unpaired) electrons. The van der Waals surface area contributed by atoms with E-state index in [4.69, 9.17) is 4.84 Å². The van der Waals surface area contributed by atoms with Crippen molar-refractivity contribution in [3.63, 3.8) is 0 Å². The van der Waals surface area contributed by atoms with Crippen molar-refractivity contribution in [1.82, 2.24) is 4.90 Å². The lowest BCUT2D eigenvalue weighted by Gasteiger charge is -2.32. The minimum Gasteiger partial charge on any atom is -0.390 e. The second-order valence-electron chi connectivity index (χ2n) is 7.65. The summed E-state index contributed by atoms with van der Waals surface area (Å²) in [6.45, 7) is 15.7. The van der Waals surface area contributed by atoms with Crippen LogP contribution in [0.15, 0.2) is 5.16 Å². The Kier molecular flexibility index (Phi) is 3.01. The summed E-state index contributed by atoms with van der Waals surface area (Å²) in [5.74, 6) is 0.522. The summed E-state index contributed by atoms with van der Waals surface area (Å²) in [5, 5.41) is 4.31. The fourth-order valence-electron chi connectivity index (χ4n) is 2.66. The highest BCUT2D eigenvalue weighted by molar-refractivity contribution is 5.89. The molecule has 0 aromatic heterocycles. The molecule has 2 aliphatic rings. The average Bonchev–Trinajstić information content (AvgIpc) is 2.63. The van der Waals surface area contributed by atoms with Gasteiger partial charge in [-0.1, -0.05) is 25.9 Å². The van der Waals surface area contributed by atoms with Gasteiger partial charge in [0.25, 0.3) is 0 Å². The van der Waals surface area contributed by atoms with Crippen LogP contribution in [0.1, 0.15) is 48.0 Å². The molecule has 0 aromatic rings. The fraction of sp³-hybridized carbons (Fsp3) is 0.929. The Hall–Kier alpha value is -0.570. The van der Waals surface area contributed by atoms with Crippen LogP contribution < -0.4 is 0 Å². The van der Waals surface area contributed by atoms with Gasteiger partial charge in [-0.25, -0.2) is 0 Å². The summed E-state index contributed by atoms with van der Waals surface area (Å²) in [7, 11) is 0. The third-order valence-corrected chi connectivity index (χ3v) is 3.66. The molecule has 0 aromatic carbocycles. The zero-order valence-electron chi connectivity index (χ0n) is 12.1. The first kappa shape index (κ1) is 12.9. The molecule has 3 heteroatoms. The van der Waals surface area contributed by atoms with Gasteiger partial charge in [-0.3, -0.25) is 4.90 Å².